The minimum absolute atomic E-state index is 0.516. The lowest BCUT2D eigenvalue weighted by molar-refractivity contribution is 0.844. The Morgan fingerprint density at radius 3 is 1.83 bits per heavy atom. The van der Waals surface area contributed by atoms with E-state index >= 15 is 0 Å². The van der Waals surface area contributed by atoms with E-state index < -0.39 is 0 Å². The van der Waals surface area contributed by atoms with Crippen LogP contribution >= 0.6 is 0 Å². The third-order valence-corrected chi connectivity index (χ3v) is 7.58. The molecule has 6 rings (SSSR count). The Morgan fingerprint density at radius 1 is 0.667 bits per heavy atom. The zero-order chi connectivity index (χ0) is 34.1. The molecule has 0 aliphatic carbocycles. The fourth-order valence-corrected chi connectivity index (χ4v) is 4.98. The number of nitrogens with two attached hydrogens (primary N) is 3. The van der Waals surface area contributed by atoms with Crippen LogP contribution in [0.5, 0.6) is 0 Å². The number of nitrogen functional groups attached to an aromatic ring is 3. The molecular formula is C42H46N6. The first-order valence-corrected chi connectivity index (χ1v) is 16.6. The summed E-state index contributed by atoms with van der Waals surface area (Å²) in [6.07, 6.45) is 13.4. The van der Waals surface area contributed by atoms with E-state index in [0.29, 0.717) is 17.5 Å². The highest BCUT2D eigenvalue weighted by Gasteiger charge is 2.04. The van der Waals surface area contributed by atoms with Gasteiger partial charge < -0.3 is 17.2 Å². The third-order valence-electron chi connectivity index (χ3n) is 7.58. The first-order chi connectivity index (χ1) is 23.4. The van der Waals surface area contributed by atoms with Crippen molar-refractivity contribution < 1.29 is 0 Å². The summed E-state index contributed by atoms with van der Waals surface area (Å²) in [6, 6.07) is 30.2. The standard InChI is InChI=1S/2C14H16N2.C14H14N2/c3*1-2-3-4-8-12-10-11-7-5-6-9-13(11)16-14(12)15/h4-10H,2-3H2,1H3,(H2,15,16);2,5-7,9-10H,1,3-4,8H2,(H2,15,16);5-7,9-10H,2-3H2,1H3,(H2,15,16)/b8-4+;;. The van der Waals surface area contributed by atoms with Gasteiger partial charge in [0, 0.05) is 28.1 Å². The van der Waals surface area contributed by atoms with Crippen molar-refractivity contribution in [2.24, 2.45) is 0 Å². The minimum Gasteiger partial charge on any atom is -0.383 e. The maximum atomic E-state index is 5.93. The summed E-state index contributed by atoms with van der Waals surface area (Å²) < 4.78 is 0. The molecule has 3 heterocycles. The molecule has 0 aliphatic heterocycles. The first-order valence-electron chi connectivity index (χ1n) is 16.6. The number of benzene rings is 3. The molecule has 3 aromatic heterocycles. The van der Waals surface area contributed by atoms with Crippen LogP contribution in [0.15, 0.2) is 110 Å². The zero-order valence-electron chi connectivity index (χ0n) is 28.1. The number of hydrogen-bond donors (Lipinski definition) is 3. The fraction of sp³-hybridized carbons (Fsp3) is 0.214. The zero-order valence-corrected chi connectivity index (χ0v) is 28.1. The van der Waals surface area contributed by atoms with Gasteiger partial charge in [-0.2, -0.15) is 0 Å². The Morgan fingerprint density at radius 2 is 1.23 bits per heavy atom. The number of allylic oxidation sites excluding steroid dienone is 2. The van der Waals surface area contributed by atoms with E-state index in [4.69, 9.17) is 17.2 Å². The average Bonchev–Trinajstić information content (AvgIpc) is 3.10. The minimum atomic E-state index is 0.516. The van der Waals surface area contributed by atoms with Gasteiger partial charge >= 0.3 is 0 Å². The van der Waals surface area contributed by atoms with E-state index in [1.807, 2.05) is 72.8 Å². The summed E-state index contributed by atoms with van der Waals surface area (Å²) in [6.45, 7) is 7.98. The van der Waals surface area contributed by atoms with Gasteiger partial charge in [-0.25, -0.2) is 15.0 Å². The monoisotopic (exact) mass is 634 g/mol. The van der Waals surface area contributed by atoms with E-state index in [2.05, 4.69) is 83.6 Å². The number of pyridine rings is 3. The molecular weight excluding hydrogens is 589 g/mol. The van der Waals surface area contributed by atoms with Gasteiger partial charge in [-0.15, -0.1) is 6.58 Å². The molecule has 0 aliphatic rings. The smallest absolute Gasteiger partial charge is 0.139 e. The Labute approximate surface area is 284 Å². The van der Waals surface area contributed by atoms with Crippen LogP contribution < -0.4 is 17.2 Å². The van der Waals surface area contributed by atoms with E-state index in [0.717, 1.165) is 94.3 Å². The van der Waals surface area contributed by atoms with Crippen LogP contribution in [-0.4, -0.2) is 15.0 Å². The number of unbranched alkanes of at least 4 members (excludes halogenated alkanes) is 3. The van der Waals surface area contributed by atoms with Crippen molar-refractivity contribution in [3.05, 3.63) is 126 Å². The van der Waals surface area contributed by atoms with E-state index in [-0.39, 0.29) is 0 Å². The number of fused-ring (bicyclic) bond motifs is 3. The molecule has 0 saturated carbocycles. The summed E-state index contributed by atoms with van der Waals surface area (Å²) in [5, 5.41) is 3.37. The summed E-state index contributed by atoms with van der Waals surface area (Å²) >= 11 is 0. The van der Waals surface area contributed by atoms with Gasteiger partial charge in [0.1, 0.15) is 17.5 Å². The highest BCUT2D eigenvalue weighted by molar-refractivity contribution is 5.84. The molecule has 6 N–H and O–H groups in total. The second-order valence-corrected chi connectivity index (χ2v) is 11.4. The van der Waals surface area contributed by atoms with Gasteiger partial charge in [-0.05, 0) is 74.1 Å². The maximum absolute atomic E-state index is 5.93. The SMILES string of the molecule is C=CCCCc1cc2ccccc2nc1N.CCC/C=C/c1cc2ccccc2nc1N.CCCC#Cc1cc2ccccc2nc1N. The van der Waals surface area contributed by atoms with Crippen molar-refractivity contribution in [2.45, 2.75) is 58.8 Å². The molecule has 0 bridgehead atoms. The second kappa shape index (κ2) is 18.5. The lowest BCUT2D eigenvalue weighted by Crippen LogP contribution is -1.98. The van der Waals surface area contributed by atoms with Gasteiger partial charge in [-0.1, -0.05) is 105 Å². The van der Waals surface area contributed by atoms with Crippen LogP contribution in [0.25, 0.3) is 38.8 Å². The lowest BCUT2D eigenvalue weighted by atomic mass is 10.1. The van der Waals surface area contributed by atoms with Crippen molar-refractivity contribution in [3.8, 4) is 11.8 Å². The van der Waals surface area contributed by atoms with Crippen LogP contribution in [0, 0.1) is 11.8 Å². The van der Waals surface area contributed by atoms with Crippen molar-refractivity contribution >= 4 is 56.2 Å². The second-order valence-electron chi connectivity index (χ2n) is 11.4. The summed E-state index contributed by atoms with van der Waals surface area (Å²) in [7, 11) is 0. The highest BCUT2D eigenvalue weighted by Crippen LogP contribution is 2.21. The topological polar surface area (TPSA) is 117 Å². The van der Waals surface area contributed by atoms with E-state index in [1.165, 1.54) is 0 Å². The molecule has 0 fully saturated rings. The molecule has 0 radical (unpaired) electrons. The van der Waals surface area contributed by atoms with Gasteiger partial charge in [0.15, 0.2) is 0 Å². The largest absolute Gasteiger partial charge is 0.383 e. The highest BCUT2D eigenvalue weighted by atomic mass is 14.8. The molecule has 0 spiro atoms. The number of rotatable bonds is 8. The molecule has 48 heavy (non-hydrogen) atoms. The van der Waals surface area contributed by atoms with Crippen LogP contribution in [0.4, 0.5) is 17.5 Å². The molecule has 6 heteroatoms. The van der Waals surface area contributed by atoms with Crippen molar-refractivity contribution in [1.82, 2.24) is 15.0 Å². The summed E-state index contributed by atoms with van der Waals surface area (Å²) in [5.41, 5.74) is 23.5. The average molecular weight is 635 g/mol. The predicted octanol–water partition coefficient (Wildman–Crippen LogP) is 9.92. The maximum Gasteiger partial charge on any atom is 0.139 e. The van der Waals surface area contributed by atoms with Gasteiger partial charge in [-0.3, -0.25) is 0 Å². The number of aryl methyl sites for hydroxylation is 1. The third kappa shape index (κ3) is 10.2. The Hall–Kier alpha value is -5.67. The van der Waals surface area contributed by atoms with Gasteiger partial charge in [0.25, 0.3) is 0 Å². The molecule has 0 saturated heterocycles. The predicted molar refractivity (Wildman–Crippen MR) is 207 cm³/mol. The summed E-state index contributed by atoms with van der Waals surface area (Å²) in [5.74, 6) is 7.93. The molecule has 3 aromatic carbocycles. The Bertz CT molecular complexity index is 2050. The molecule has 6 aromatic rings. The van der Waals surface area contributed by atoms with Crippen LogP contribution in [0.2, 0.25) is 0 Å². The quantitative estimate of drug-likeness (QED) is 0.0871. The normalized spacial score (nSPS) is 10.5. The molecule has 0 atom stereocenters. The Kier molecular flexibility index (Phi) is 13.5. The van der Waals surface area contributed by atoms with Gasteiger partial charge in [0.2, 0.25) is 0 Å². The number of aromatic nitrogens is 3. The first kappa shape index (κ1) is 35.2. The summed E-state index contributed by atoms with van der Waals surface area (Å²) in [4.78, 5) is 13.1. The van der Waals surface area contributed by atoms with Crippen LogP contribution in [-0.2, 0) is 6.42 Å². The van der Waals surface area contributed by atoms with Crippen LogP contribution in [0.1, 0.15) is 69.1 Å². The number of hydrogen-bond acceptors (Lipinski definition) is 6. The van der Waals surface area contributed by atoms with Crippen molar-refractivity contribution in [1.29, 1.82) is 0 Å². The molecule has 0 amide bonds. The van der Waals surface area contributed by atoms with Crippen LogP contribution in [0.3, 0.4) is 0 Å². The van der Waals surface area contributed by atoms with Gasteiger partial charge in [0.05, 0.1) is 22.1 Å². The van der Waals surface area contributed by atoms with E-state index in [1.54, 1.807) is 0 Å². The number of nitrogens with zero attached hydrogens (tertiary/aromatic N) is 3. The number of para-hydroxylation sites is 3. The lowest BCUT2D eigenvalue weighted by Gasteiger charge is -2.06. The molecule has 6 nitrogen and oxygen atoms in total. The fourth-order valence-electron chi connectivity index (χ4n) is 4.98. The van der Waals surface area contributed by atoms with E-state index in [9.17, 15) is 0 Å². The van der Waals surface area contributed by atoms with Crippen molar-refractivity contribution in [3.63, 3.8) is 0 Å². The molecule has 244 valence electrons. The molecule has 0 unspecified atom stereocenters. The van der Waals surface area contributed by atoms with Crippen molar-refractivity contribution in [2.75, 3.05) is 17.2 Å². The number of anilines is 3. The Balaban J connectivity index is 0.000000163.